The zero-order valence-electron chi connectivity index (χ0n) is 6.18. The Morgan fingerprint density at radius 2 is 1.67 bits per heavy atom. The van der Waals surface area contributed by atoms with Crippen molar-refractivity contribution in [2.45, 2.75) is 0 Å². The van der Waals surface area contributed by atoms with Gasteiger partial charge in [-0.1, -0.05) is 18.2 Å². The fraction of sp³-hybridized carbons (Fsp3) is 0. The third-order valence-corrected chi connectivity index (χ3v) is 1.42. The Hall–Kier alpha value is -0.860. The number of hydrogen-bond acceptors (Lipinski definition) is 2. The van der Waals surface area contributed by atoms with Crippen molar-refractivity contribution in [2.24, 2.45) is 0 Å². The molecule has 0 atom stereocenters. The van der Waals surface area contributed by atoms with Gasteiger partial charge in [0.25, 0.3) is 0 Å². The van der Waals surface area contributed by atoms with E-state index in [1.54, 1.807) is 6.20 Å². The molecule has 2 aromatic rings. The number of benzene rings is 1. The molecule has 4 heteroatoms. The van der Waals surface area contributed by atoms with Crippen LogP contribution in [0.4, 0.5) is 0 Å². The van der Waals surface area contributed by atoms with Crippen LogP contribution in [-0.4, -0.2) is 10.2 Å². The molecule has 0 saturated heterocycles. The van der Waals surface area contributed by atoms with Gasteiger partial charge in [-0.3, -0.25) is 0 Å². The van der Waals surface area contributed by atoms with E-state index in [-0.39, 0.29) is 24.8 Å². The Kier molecular flexibility index (Phi) is 4.55. The van der Waals surface area contributed by atoms with Crippen molar-refractivity contribution in [1.82, 2.24) is 10.2 Å². The standard InChI is InChI=1S/C8H6N2.2ClH/c1-2-4-8-7(3-1)5-6-9-10-8;;/h1-6H;2*1H. The Labute approximate surface area is 82.8 Å². The molecule has 0 aliphatic heterocycles. The largest absolute Gasteiger partial charge is 0.159 e. The van der Waals surface area contributed by atoms with Crippen LogP contribution in [0.5, 0.6) is 0 Å². The van der Waals surface area contributed by atoms with E-state index in [0.717, 1.165) is 10.9 Å². The first-order valence-electron chi connectivity index (χ1n) is 3.13. The molecule has 0 saturated carbocycles. The average molecular weight is 203 g/mol. The monoisotopic (exact) mass is 202 g/mol. The molecule has 1 aromatic carbocycles. The van der Waals surface area contributed by atoms with Gasteiger partial charge in [0, 0.05) is 5.39 Å². The summed E-state index contributed by atoms with van der Waals surface area (Å²) in [6.45, 7) is 0. The molecular weight excluding hydrogens is 195 g/mol. The van der Waals surface area contributed by atoms with Crippen LogP contribution in [-0.2, 0) is 0 Å². The first-order valence-corrected chi connectivity index (χ1v) is 3.13. The molecule has 1 aromatic heterocycles. The van der Waals surface area contributed by atoms with Gasteiger partial charge in [-0.25, -0.2) is 0 Å². The van der Waals surface area contributed by atoms with Crippen LogP contribution >= 0.6 is 24.8 Å². The first-order chi connectivity index (χ1) is 4.97. The van der Waals surface area contributed by atoms with Gasteiger partial charge >= 0.3 is 0 Å². The van der Waals surface area contributed by atoms with Gasteiger partial charge in [-0.05, 0) is 12.1 Å². The summed E-state index contributed by atoms with van der Waals surface area (Å²) >= 11 is 0. The van der Waals surface area contributed by atoms with E-state index in [2.05, 4.69) is 10.2 Å². The summed E-state index contributed by atoms with van der Waals surface area (Å²) in [5.41, 5.74) is 0.949. The second-order valence-corrected chi connectivity index (χ2v) is 2.09. The molecule has 2 nitrogen and oxygen atoms in total. The fourth-order valence-corrected chi connectivity index (χ4v) is 0.929. The lowest BCUT2D eigenvalue weighted by atomic mass is 10.2. The predicted octanol–water partition coefficient (Wildman–Crippen LogP) is 2.47. The van der Waals surface area contributed by atoms with Gasteiger partial charge in [0.1, 0.15) is 0 Å². The molecule has 1 heterocycles. The SMILES string of the molecule is Cl.Cl.c1ccc2nnccc2c1. The van der Waals surface area contributed by atoms with Gasteiger partial charge in [0.15, 0.2) is 0 Å². The van der Waals surface area contributed by atoms with E-state index in [9.17, 15) is 0 Å². The van der Waals surface area contributed by atoms with Crippen LogP contribution in [0.1, 0.15) is 0 Å². The fourth-order valence-electron chi connectivity index (χ4n) is 0.929. The summed E-state index contributed by atoms with van der Waals surface area (Å²) in [7, 11) is 0. The second-order valence-electron chi connectivity index (χ2n) is 2.09. The van der Waals surface area contributed by atoms with Gasteiger partial charge in [-0.15, -0.1) is 24.8 Å². The maximum Gasteiger partial charge on any atom is 0.0929 e. The Morgan fingerprint density at radius 3 is 2.42 bits per heavy atom. The zero-order chi connectivity index (χ0) is 6.81. The molecule has 0 spiro atoms. The van der Waals surface area contributed by atoms with Crippen molar-refractivity contribution in [2.75, 3.05) is 0 Å². The lowest BCUT2D eigenvalue weighted by Gasteiger charge is -1.90. The Balaban J connectivity index is 0.000000605. The van der Waals surface area contributed by atoms with Gasteiger partial charge in [0.05, 0.1) is 11.7 Å². The first kappa shape index (κ1) is 11.1. The van der Waals surface area contributed by atoms with Crippen molar-refractivity contribution < 1.29 is 0 Å². The maximum atomic E-state index is 3.93. The lowest BCUT2D eigenvalue weighted by molar-refractivity contribution is 1.08. The summed E-state index contributed by atoms with van der Waals surface area (Å²) in [4.78, 5) is 0. The van der Waals surface area contributed by atoms with E-state index in [1.807, 2.05) is 30.3 Å². The van der Waals surface area contributed by atoms with Crippen molar-refractivity contribution in [1.29, 1.82) is 0 Å². The maximum absolute atomic E-state index is 3.93. The highest BCUT2D eigenvalue weighted by molar-refractivity contribution is 5.85. The molecule has 12 heavy (non-hydrogen) atoms. The zero-order valence-corrected chi connectivity index (χ0v) is 7.81. The molecule has 2 rings (SSSR count). The van der Waals surface area contributed by atoms with Crippen LogP contribution < -0.4 is 0 Å². The van der Waals surface area contributed by atoms with E-state index in [4.69, 9.17) is 0 Å². The summed E-state index contributed by atoms with van der Waals surface area (Å²) in [6.07, 6.45) is 1.70. The number of nitrogens with zero attached hydrogens (tertiary/aromatic N) is 2. The molecule has 0 radical (unpaired) electrons. The molecule has 0 fully saturated rings. The highest BCUT2D eigenvalue weighted by atomic mass is 35.5. The van der Waals surface area contributed by atoms with Gasteiger partial charge < -0.3 is 0 Å². The smallest absolute Gasteiger partial charge is 0.0929 e. The van der Waals surface area contributed by atoms with E-state index in [0.29, 0.717) is 0 Å². The minimum absolute atomic E-state index is 0. The van der Waals surface area contributed by atoms with Crippen LogP contribution in [0, 0.1) is 0 Å². The van der Waals surface area contributed by atoms with Gasteiger partial charge in [0.2, 0.25) is 0 Å². The van der Waals surface area contributed by atoms with Crippen LogP contribution in [0.2, 0.25) is 0 Å². The molecule has 64 valence electrons. The number of hydrogen-bond donors (Lipinski definition) is 0. The summed E-state index contributed by atoms with van der Waals surface area (Å²) in [6, 6.07) is 9.86. The minimum atomic E-state index is 0. The Bertz CT molecular complexity index is 286. The highest BCUT2D eigenvalue weighted by Crippen LogP contribution is 2.06. The van der Waals surface area contributed by atoms with Crippen molar-refractivity contribution in [3.8, 4) is 0 Å². The van der Waals surface area contributed by atoms with E-state index in [1.165, 1.54) is 0 Å². The third kappa shape index (κ3) is 2.06. The van der Waals surface area contributed by atoms with Crippen molar-refractivity contribution >= 4 is 35.7 Å². The number of rotatable bonds is 0. The van der Waals surface area contributed by atoms with Crippen LogP contribution in [0.25, 0.3) is 10.9 Å². The summed E-state index contributed by atoms with van der Waals surface area (Å²) in [5, 5.41) is 8.83. The van der Waals surface area contributed by atoms with Crippen molar-refractivity contribution in [3.05, 3.63) is 36.5 Å². The molecule has 0 aliphatic rings. The van der Waals surface area contributed by atoms with Gasteiger partial charge in [-0.2, -0.15) is 10.2 Å². The van der Waals surface area contributed by atoms with Crippen LogP contribution in [0.3, 0.4) is 0 Å². The third-order valence-electron chi connectivity index (χ3n) is 1.42. The number of halogens is 2. The molecule has 0 unspecified atom stereocenters. The van der Waals surface area contributed by atoms with Crippen LogP contribution in [0.15, 0.2) is 36.5 Å². The molecule has 0 bridgehead atoms. The quantitative estimate of drug-likeness (QED) is 0.657. The minimum Gasteiger partial charge on any atom is -0.159 e. The summed E-state index contributed by atoms with van der Waals surface area (Å²) < 4.78 is 0. The second kappa shape index (κ2) is 4.91. The summed E-state index contributed by atoms with van der Waals surface area (Å²) in [5.74, 6) is 0. The number of fused-ring (bicyclic) bond motifs is 1. The molecule has 0 aliphatic carbocycles. The normalized spacial score (nSPS) is 8.33. The predicted molar refractivity (Wildman–Crippen MR) is 54.0 cm³/mol. The molecule has 0 N–H and O–H groups in total. The molecular formula is C8H8Cl2N2. The Morgan fingerprint density at radius 1 is 0.917 bits per heavy atom. The molecule has 0 amide bonds. The topological polar surface area (TPSA) is 25.8 Å². The number of aromatic nitrogens is 2. The highest BCUT2D eigenvalue weighted by Gasteiger charge is 1.87. The van der Waals surface area contributed by atoms with E-state index < -0.39 is 0 Å². The average Bonchev–Trinajstić information content (AvgIpc) is 2.05. The van der Waals surface area contributed by atoms with Crippen molar-refractivity contribution in [3.63, 3.8) is 0 Å². The van der Waals surface area contributed by atoms with E-state index >= 15 is 0 Å². The lowest BCUT2D eigenvalue weighted by Crippen LogP contribution is -1.79.